The molecule has 0 spiro atoms. The second-order valence-electron chi connectivity index (χ2n) is 4.63. The zero-order valence-electron chi connectivity index (χ0n) is 11.6. The van der Waals surface area contributed by atoms with Crippen molar-refractivity contribution in [2.45, 2.75) is 31.2 Å². The van der Waals surface area contributed by atoms with Gasteiger partial charge in [0.05, 0.1) is 16.5 Å². The highest BCUT2D eigenvalue weighted by molar-refractivity contribution is 9.10. The summed E-state index contributed by atoms with van der Waals surface area (Å²) >= 11 is 3.14. The van der Waals surface area contributed by atoms with Crippen LogP contribution in [0.4, 0.5) is 0 Å². The van der Waals surface area contributed by atoms with Gasteiger partial charge in [-0.25, -0.2) is 13.1 Å². The van der Waals surface area contributed by atoms with Gasteiger partial charge in [0, 0.05) is 4.47 Å². The number of halogens is 1. The SMILES string of the molecule is CC[C@H](C)[C@H](N)C(=O)NS(=O)(=O)c1ccc(Br)c(C#N)c1. The number of rotatable bonds is 5. The van der Waals surface area contributed by atoms with Crippen LogP contribution in [0.25, 0.3) is 0 Å². The summed E-state index contributed by atoms with van der Waals surface area (Å²) in [4.78, 5) is 11.7. The first-order chi connectivity index (χ1) is 9.72. The number of hydrogen-bond donors (Lipinski definition) is 2. The first-order valence-electron chi connectivity index (χ1n) is 6.24. The minimum atomic E-state index is -4.05. The molecule has 3 N–H and O–H groups in total. The molecule has 0 heterocycles. The van der Waals surface area contributed by atoms with Gasteiger partial charge in [-0.05, 0) is 40.0 Å². The third-order valence-corrected chi connectivity index (χ3v) is 5.20. The van der Waals surface area contributed by atoms with Crippen LogP contribution >= 0.6 is 15.9 Å². The Morgan fingerprint density at radius 3 is 2.67 bits per heavy atom. The third-order valence-electron chi connectivity index (χ3n) is 3.16. The maximum atomic E-state index is 12.1. The van der Waals surface area contributed by atoms with Crippen LogP contribution in [0.5, 0.6) is 0 Å². The first-order valence-corrected chi connectivity index (χ1v) is 8.52. The predicted molar refractivity (Wildman–Crippen MR) is 81.6 cm³/mol. The van der Waals surface area contributed by atoms with Gasteiger partial charge in [-0.15, -0.1) is 0 Å². The molecule has 0 aliphatic carbocycles. The van der Waals surface area contributed by atoms with E-state index < -0.39 is 22.0 Å². The third kappa shape index (κ3) is 4.27. The van der Waals surface area contributed by atoms with Gasteiger partial charge >= 0.3 is 0 Å². The van der Waals surface area contributed by atoms with E-state index in [-0.39, 0.29) is 16.4 Å². The lowest BCUT2D eigenvalue weighted by Gasteiger charge is -2.17. The van der Waals surface area contributed by atoms with Gasteiger partial charge in [-0.1, -0.05) is 20.3 Å². The Bertz CT molecular complexity index is 682. The number of carbonyl (C=O) groups excluding carboxylic acids is 1. The molecule has 0 radical (unpaired) electrons. The highest BCUT2D eigenvalue weighted by atomic mass is 79.9. The van der Waals surface area contributed by atoms with Gasteiger partial charge in [0.25, 0.3) is 15.9 Å². The molecule has 2 atom stereocenters. The molecule has 8 heteroatoms. The van der Waals surface area contributed by atoms with E-state index in [1.54, 1.807) is 6.92 Å². The van der Waals surface area contributed by atoms with Crippen molar-refractivity contribution in [2.24, 2.45) is 11.7 Å². The van der Waals surface area contributed by atoms with Crippen molar-refractivity contribution in [3.63, 3.8) is 0 Å². The molecule has 1 aromatic rings. The molecule has 1 aromatic carbocycles. The number of benzene rings is 1. The number of amides is 1. The van der Waals surface area contributed by atoms with Crippen LogP contribution < -0.4 is 10.5 Å². The van der Waals surface area contributed by atoms with Crippen LogP contribution in [0.1, 0.15) is 25.8 Å². The van der Waals surface area contributed by atoms with Crippen LogP contribution in [0.2, 0.25) is 0 Å². The maximum absolute atomic E-state index is 12.1. The second-order valence-corrected chi connectivity index (χ2v) is 7.17. The van der Waals surface area contributed by atoms with E-state index in [0.717, 1.165) is 0 Å². The van der Waals surface area contributed by atoms with Crippen LogP contribution in [0.15, 0.2) is 27.6 Å². The molecule has 21 heavy (non-hydrogen) atoms. The van der Waals surface area contributed by atoms with Gasteiger partial charge in [-0.2, -0.15) is 5.26 Å². The van der Waals surface area contributed by atoms with Crippen molar-refractivity contribution < 1.29 is 13.2 Å². The van der Waals surface area contributed by atoms with Gasteiger partial charge in [0.15, 0.2) is 0 Å². The van der Waals surface area contributed by atoms with Crippen LogP contribution in [0.3, 0.4) is 0 Å². The molecule has 1 amide bonds. The number of hydrogen-bond acceptors (Lipinski definition) is 5. The summed E-state index contributed by atoms with van der Waals surface area (Å²) in [5.41, 5.74) is 5.86. The van der Waals surface area contributed by atoms with Crippen molar-refractivity contribution in [1.82, 2.24) is 4.72 Å². The van der Waals surface area contributed by atoms with Gasteiger partial charge in [-0.3, -0.25) is 4.79 Å². The normalized spacial score (nSPS) is 14.0. The second kappa shape index (κ2) is 7.02. The summed E-state index contributed by atoms with van der Waals surface area (Å²) in [6.45, 7) is 3.63. The largest absolute Gasteiger partial charge is 0.320 e. The molecule has 6 nitrogen and oxygen atoms in total. The molecule has 0 saturated carbocycles. The standard InChI is InChI=1S/C13H16BrN3O3S/c1-3-8(2)12(16)13(18)17-21(19,20)10-4-5-11(14)9(6-10)7-15/h4-6,8,12H,3,16H2,1-2H3,(H,17,18)/t8-,12-/m0/s1. The first kappa shape index (κ1) is 17.6. The number of nitrogens with zero attached hydrogens (tertiary/aromatic N) is 1. The van der Waals surface area contributed by atoms with Gasteiger partial charge < -0.3 is 5.73 Å². The summed E-state index contributed by atoms with van der Waals surface area (Å²) < 4.78 is 26.7. The Balaban J connectivity index is 3.03. The van der Waals surface area contributed by atoms with Crippen molar-refractivity contribution >= 4 is 31.9 Å². The summed E-state index contributed by atoms with van der Waals surface area (Å²) in [6.07, 6.45) is 0.658. The van der Waals surface area contributed by atoms with Gasteiger partial charge in [0.2, 0.25) is 0 Å². The fourth-order valence-electron chi connectivity index (χ4n) is 1.53. The number of sulfonamides is 1. The number of nitrogens with one attached hydrogen (secondary N) is 1. The lowest BCUT2D eigenvalue weighted by molar-refractivity contribution is -0.121. The smallest absolute Gasteiger partial charge is 0.264 e. The molecular formula is C13H16BrN3O3S. The lowest BCUT2D eigenvalue weighted by Crippen LogP contribution is -2.46. The van der Waals surface area contributed by atoms with Crippen LogP contribution in [-0.2, 0) is 14.8 Å². The Morgan fingerprint density at radius 1 is 1.52 bits per heavy atom. The van der Waals surface area contributed by atoms with Crippen molar-refractivity contribution in [1.29, 1.82) is 5.26 Å². The fourth-order valence-corrected chi connectivity index (χ4v) is 2.90. The summed E-state index contributed by atoms with van der Waals surface area (Å²) in [5.74, 6) is -0.898. The predicted octanol–water partition coefficient (Wildman–Crippen LogP) is 1.50. The highest BCUT2D eigenvalue weighted by Gasteiger charge is 2.25. The molecule has 0 bridgehead atoms. The zero-order valence-corrected chi connectivity index (χ0v) is 14.0. The molecule has 0 saturated heterocycles. The van der Waals surface area contributed by atoms with E-state index in [4.69, 9.17) is 11.0 Å². The quantitative estimate of drug-likeness (QED) is 0.811. The molecular weight excluding hydrogens is 358 g/mol. The Hall–Kier alpha value is -1.43. The molecule has 0 aliphatic rings. The average molecular weight is 374 g/mol. The van der Waals surface area contributed by atoms with E-state index in [2.05, 4.69) is 15.9 Å². The monoisotopic (exact) mass is 373 g/mol. The average Bonchev–Trinajstić information content (AvgIpc) is 2.45. The van der Waals surface area contributed by atoms with E-state index in [1.807, 2.05) is 17.7 Å². The Labute approximate surface area is 132 Å². The molecule has 0 aromatic heterocycles. The number of nitriles is 1. The fraction of sp³-hybridized carbons (Fsp3) is 0.385. The van der Waals surface area contributed by atoms with Crippen molar-refractivity contribution in [3.05, 3.63) is 28.2 Å². The van der Waals surface area contributed by atoms with Crippen molar-refractivity contribution in [3.8, 4) is 6.07 Å². The van der Waals surface area contributed by atoms with Crippen molar-refractivity contribution in [2.75, 3.05) is 0 Å². The van der Waals surface area contributed by atoms with E-state index in [0.29, 0.717) is 10.9 Å². The van der Waals surface area contributed by atoms with Gasteiger partial charge in [0.1, 0.15) is 6.07 Å². The lowest BCUT2D eigenvalue weighted by atomic mass is 10.00. The summed E-state index contributed by atoms with van der Waals surface area (Å²) in [7, 11) is -4.05. The highest BCUT2D eigenvalue weighted by Crippen LogP contribution is 2.20. The molecule has 114 valence electrons. The molecule has 0 fully saturated rings. The Kier molecular flexibility index (Phi) is 5.89. The van der Waals surface area contributed by atoms with E-state index >= 15 is 0 Å². The minimum Gasteiger partial charge on any atom is -0.320 e. The summed E-state index contributed by atoms with van der Waals surface area (Å²) in [6, 6.07) is 4.88. The topological polar surface area (TPSA) is 113 Å². The molecule has 1 rings (SSSR count). The Morgan fingerprint density at radius 2 is 2.14 bits per heavy atom. The minimum absolute atomic E-state index is 0.139. The van der Waals surface area contributed by atoms with Crippen LogP contribution in [0, 0.1) is 17.2 Å². The van der Waals surface area contributed by atoms with E-state index in [1.165, 1.54) is 18.2 Å². The number of carbonyl (C=O) groups is 1. The molecule has 0 unspecified atom stereocenters. The van der Waals surface area contributed by atoms with E-state index in [9.17, 15) is 13.2 Å². The molecule has 0 aliphatic heterocycles. The zero-order chi connectivity index (χ0) is 16.2. The maximum Gasteiger partial charge on any atom is 0.264 e. The number of nitrogens with two attached hydrogens (primary N) is 1. The summed E-state index contributed by atoms with van der Waals surface area (Å²) in [5, 5.41) is 8.90. The van der Waals surface area contributed by atoms with Crippen LogP contribution in [-0.4, -0.2) is 20.4 Å².